The van der Waals surface area contributed by atoms with Gasteiger partial charge in [-0.3, -0.25) is 0 Å². The zero-order valence-electron chi connectivity index (χ0n) is 18.1. The zero-order valence-corrected chi connectivity index (χ0v) is 18.1. The summed E-state index contributed by atoms with van der Waals surface area (Å²) in [6.07, 6.45) is 5.74. The van der Waals surface area contributed by atoms with Gasteiger partial charge in [0.05, 0.1) is 0 Å². The third-order valence-electron chi connectivity index (χ3n) is 6.29. The minimum Gasteiger partial charge on any atom is -0.508 e. The average Bonchev–Trinajstić information content (AvgIpc) is 2.61. The van der Waals surface area contributed by atoms with Gasteiger partial charge in [0.15, 0.2) is 0 Å². The molecule has 28 heavy (non-hydrogen) atoms. The molecule has 1 aliphatic carbocycles. The smallest absolute Gasteiger partial charge is 0.119 e. The Labute approximate surface area is 170 Å². The normalized spacial score (nSPS) is 20.9. The summed E-state index contributed by atoms with van der Waals surface area (Å²) in [6.45, 7) is 11.3. The SMILES string of the molecule is CC(C)(C)CC(C)(C)c1cc(C2CCC(c3ccc(O)cc3)CC2)ccc1O. The van der Waals surface area contributed by atoms with Crippen molar-refractivity contribution in [1.29, 1.82) is 0 Å². The first-order chi connectivity index (χ1) is 13.0. The summed E-state index contributed by atoms with van der Waals surface area (Å²) in [7, 11) is 0. The van der Waals surface area contributed by atoms with Crippen molar-refractivity contribution in [3.63, 3.8) is 0 Å². The molecule has 152 valence electrons. The van der Waals surface area contributed by atoms with Gasteiger partial charge in [0.1, 0.15) is 11.5 Å². The molecule has 0 aromatic heterocycles. The van der Waals surface area contributed by atoms with Gasteiger partial charge in [-0.2, -0.15) is 0 Å². The molecule has 0 unspecified atom stereocenters. The number of hydrogen-bond donors (Lipinski definition) is 2. The van der Waals surface area contributed by atoms with Gasteiger partial charge in [0.25, 0.3) is 0 Å². The summed E-state index contributed by atoms with van der Waals surface area (Å²) in [6, 6.07) is 14.0. The van der Waals surface area contributed by atoms with Crippen LogP contribution in [0, 0.1) is 5.41 Å². The van der Waals surface area contributed by atoms with E-state index in [1.165, 1.54) is 36.8 Å². The van der Waals surface area contributed by atoms with Crippen LogP contribution in [0.1, 0.15) is 95.2 Å². The maximum Gasteiger partial charge on any atom is 0.119 e. The Bertz CT molecular complexity index is 788. The van der Waals surface area contributed by atoms with E-state index < -0.39 is 0 Å². The lowest BCUT2D eigenvalue weighted by Crippen LogP contribution is -2.25. The molecule has 0 amide bonds. The molecule has 0 saturated heterocycles. The van der Waals surface area contributed by atoms with Crippen LogP contribution in [0.25, 0.3) is 0 Å². The van der Waals surface area contributed by atoms with Crippen LogP contribution in [-0.4, -0.2) is 10.2 Å². The monoisotopic (exact) mass is 380 g/mol. The molecule has 0 radical (unpaired) electrons. The van der Waals surface area contributed by atoms with Gasteiger partial charge in [-0.25, -0.2) is 0 Å². The molecule has 0 spiro atoms. The van der Waals surface area contributed by atoms with Crippen LogP contribution in [0.15, 0.2) is 42.5 Å². The van der Waals surface area contributed by atoms with Crippen molar-refractivity contribution in [3.8, 4) is 11.5 Å². The zero-order chi connectivity index (χ0) is 20.5. The van der Waals surface area contributed by atoms with E-state index in [1.807, 2.05) is 6.07 Å². The fourth-order valence-electron chi connectivity index (χ4n) is 5.28. The summed E-state index contributed by atoms with van der Waals surface area (Å²) in [5.41, 5.74) is 3.96. The van der Waals surface area contributed by atoms with Gasteiger partial charge < -0.3 is 10.2 Å². The highest BCUT2D eigenvalue weighted by Crippen LogP contribution is 2.44. The summed E-state index contributed by atoms with van der Waals surface area (Å²) in [5, 5.41) is 20.1. The van der Waals surface area contributed by atoms with Gasteiger partial charge >= 0.3 is 0 Å². The lowest BCUT2D eigenvalue weighted by Gasteiger charge is -2.34. The number of phenols is 2. The molecule has 0 bridgehead atoms. The van der Waals surface area contributed by atoms with Crippen LogP contribution in [0.3, 0.4) is 0 Å². The van der Waals surface area contributed by atoms with E-state index in [0.29, 0.717) is 23.3 Å². The van der Waals surface area contributed by atoms with E-state index in [1.54, 1.807) is 12.1 Å². The highest BCUT2D eigenvalue weighted by molar-refractivity contribution is 5.42. The summed E-state index contributed by atoms with van der Waals surface area (Å²) in [5.74, 6) is 1.92. The maximum atomic E-state index is 10.6. The van der Waals surface area contributed by atoms with Gasteiger partial charge in [-0.15, -0.1) is 0 Å². The number of hydrogen-bond acceptors (Lipinski definition) is 2. The molecule has 2 nitrogen and oxygen atoms in total. The largest absolute Gasteiger partial charge is 0.508 e. The van der Waals surface area contributed by atoms with E-state index in [2.05, 4.69) is 58.9 Å². The first-order valence-corrected chi connectivity index (χ1v) is 10.7. The highest BCUT2D eigenvalue weighted by Gasteiger charge is 2.31. The van der Waals surface area contributed by atoms with Gasteiger partial charge in [-0.05, 0) is 89.7 Å². The van der Waals surface area contributed by atoms with Gasteiger partial charge in [0.2, 0.25) is 0 Å². The topological polar surface area (TPSA) is 40.5 Å². The maximum absolute atomic E-state index is 10.6. The summed E-state index contributed by atoms with van der Waals surface area (Å²) >= 11 is 0. The third kappa shape index (κ3) is 4.90. The van der Waals surface area contributed by atoms with Crippen molar-refractivity contribution >= 4 is 0 Å². The molecule has 1 saturated carbocycles. The van der Waals surface area contributed by atoms with Crippen LogP contribution in [0.2, 0.25) is 0 Å². The second-order valence-electron chi connectivity index (χ2n) is 10.5. The summed E-state index contributed by atoms with van der Waals surface area (Å²) in [4.78, 5) is 0. The van der Waals surface area contributed by atoms with Gasteiger partial charge in [0, 0.05) is 0 Å². The predicted octanol–water partition coefficient (Wildman–Crippen LogP) is 7.25. The van der Waals surface area contributed by atoms with Crippen molar-refractivity contribution < 1.29 is 10.2 Å². The number of benzene rings is 2. The van der Waals surface area contributed by atoms with Crippen LogP contribution >= 0.6 is 0 Å². The average molecular weight is 381 g/mol. The predicted molar refractivity (Wildman–Crippen MR) is 117 cm³/mol. The number of rotatable bonds is 4. The Morgan fingerprint density at radius 1 is 0.750 bits per heavy atom. The van der Waals surface area contributed by atoms with Crippen LogP contribution in [-0.2, 0) is 5.41 Å². The molecule has 2 heteroatoms. The molecule has 2 aromatic rings. The fourth-order valence-corrected chi connectivity index (χ4v) is 5.28. The lowest BCUT2D eigenvalue weighted by atomic mass is 9.70. The second kappa shape index (κ2) is 7.81. The Kier molecular flexibility index (Phi) is 5.79. The standard InChI is InChI=1S/C26H36O2/c1-25(2,3)17-26(4,5)23-16-21(12-15-24(23)28)20-8-6-18(7-9-20)19-10-13-22(27)14-11-19/h10-16,18,20,27-28H,6-9,17H2,1-5H3. The first-order valence-electron chi connectivity index (χ1n) is 10.7. The minimum absolute atomic E-state index is 0.0540. The molecule has 0 atom stereocenters. The molecule has 0 heterocycles. The van der Waals surface area contributed by atoms with E-state index in [-0.39, 0.29) is 10.8 Å². The Balaban J connectivity index is 1.74. The fraction of sp³-hybridized carbons (Fsp3) is 0.538. The van der Waals surface area contributed by atoms with Crippen molar-refractivity contribution in [2.75, 3.05) is 0 Å². The second-order valence-corrected chi connectivity index (χ2v) is 10.5. The quantitative estimate of drug-likeness (QED) is 0.586. The lowest BCUT2D eigenvalue weighted by molar-refractivity contribution is 0.278. The molecular formula is C26H36O2. The molecule has 1 aliphatic rings. The minimum atomic E-state index is -0.0540. The highest BCUT2D eigenvalue weighted by atomic mass is 16.3. The molecule has 1 fully saturated rings. The first kappa shape index (κ1) is 20.8. The van der Waals surface area contributed by atoms with Gasteiger partial charge in [-0.1, -0.05) is 58.9 Å². The van der Waals surface area contributed by atoms with Crippen molar-refractivity contribution in [2.24, 2.45) is 5.41 Å². The Morgan fingerprint density at radius 2 is 1.25 bits per heavy atom. The summed E-state index contributed by atoms with van der Waals surface area (Å²) < 4.78 is 0. The Hall–Kier alpha value is -1.96. The molecule has 0 aliphatic heterocycles. The molecular weight excluding hydrogens is 344 g/mol. The van der Waals surface area contributed by atoms with E-state index in [0.717, 1.165) is 12.0 Å². The van der Waals surface area contributed by atoms with E-state index in [9.17, 15) is 10.2 Å². The third-order valence-corrected chi connectivity index (χ3v) is 6.29. The number of phenolic OH excluding ortho intramolecular Hbond substituents is 2. The van der Waals surface area contributed by atoms with E-state index in [4.69, 9.17) is 0 Å². The van der Waals surface area contributed by atoms with Crippen LogP contribution in [0.5, 0.6) is 11.5 Å². The Morgan fingerprint density at radius 3 is 1.79 bits per heavy atom. The number of aromatic hydroxyl groups is 2. The van der Waals surface area contributed by atoms with E-state index >= 15 is 0 Å². The molecule has 2 aromatic carbocycles. The van der Waals surface area contributed by atoms with Crippen LogP contribution < -0.4 is 0 Å². The molecule has 2 N–H and O–H groups in total. The van der Waals surface area contributed by atoms with Crippen molar-refractivity contribution in [1.82, 2.24) is 0 Å². The van der Waals surface area contributed by atoms with Crippen molar-refractivity contribution in [3.05, 3.63) is 59.2 Å². The molecule has 3 rings (SSSR count). The van der Waals surface area contributed by atoms with Crippen molar-refractivity contribution in [2.45, 2.75) is 84.0 Å². The van der Waals surface area contributed by atoms with Crippen LogP contribution in [0.4, 0.5) is 0 Å².